The van der Waals surface area contributed by atoms with E-state index in [9.17, 15) is 4.79 Å². The van der Waals surface area contributed by atoms with Crippen molar-refractivity contribution >= 4 is 17.5 Å². The van der Waals surface area contributed by atoms with E-state index in [1.807, 2.05) is 42.5 Å². The average molecular weight is 385 g/mol. The van der Waals surface area contributed by atoms with Gasteiger partial charge >= 0.3 is 0 Å². The van der Waals surface area contributed by atoms with Gasteiger partial charge in [0.15, 0.2) is 0 Å². The number of hydrogen-bond acceptors (Lipinski definition) is 3. The first-order valence-corrected chi connectivity index (χ1v) is 10.00. The van der Waals surface area contributed by atoms with Crippen molar-refractivity contribution in [3.8, 4) is 0 Å². The van der Waals surface area contributed by atoms with E-state index in [1.54, 1.807) is 0 Å². The zero-order chi connectivity index (χ0) is 18.6. The Morgan fingerprint density at radius 3 is 2.56 bits per heavy atom. The van der Waals surface area contributed by atoms with Crippen LogP contribution < -0.4 is 5.32 Å². The van der Waals surface area contributed by atoms with Crippen LogP contribution in [0.3, 0.4) is 0 Å². The van der Waals surface area contributed by atoms with Crippen molar-refractivity contribution in [3.63, 3.8) is 0 Å². The number of nitrogens with zero attached hydrogens (tertiary/aromatic N) is 1. The van der Waals surface area contributed by atoms with E-state index in [-0.39, 0.29) is 23.8 Å². The molecule has 1 saturated carbocycles. The maximum atomic E-state index is 12.9. The Labute approximate surface area is 165 Å². The first-order chi connectivity index (χ1) is 13.2. The summed E-state index contributed by atoms with van der Waals surface area (Å²) < 4.78 is 5.45. The number of carbonyl (C=O) groups is 1. The summed E-state index contributed by atoms with van der Waals surface area (Å²) in [6.45, 7) is 4.14. The molecule has 1 N–H and O–H groups in total. The number of hydrogen-bond donors (Lipinski definition) is 1. The molecule has 4 nitrogen and oxygen atoms in total. The van der Waals surface area contributed by atoms with Gasteiger partial charge in [-0.1, -0.05) is 60.1 Å². The molecule has 2 aromatic rings. The number of rotatable bonds is 6. The van der Waals surface area contributed by atoms with Crippen molar-refractivity contribution in [2.24, 2.45) is 5.92 Å². The van der Waals surface area contributed by atoms with Gasteiger partial charge in [0.1, 0.15) is 0 Å². The lowest BCUT2D eigenvalue weighted by Crippen LogP contribution is -2.43. The molecular formula is C22H25ClN2O2. The lowest BCUT2D eigenvalue weighted by Gasteiger charge is -2.31. The Bertz CT molecular complexity index is 777. The molecule has 1 aliphatic heterocycles. The predicted molar refractivity (Wildman–Crippen MR) is 107 cm³/mol. The van der Waals surface area contributed by atoms with Crippen LogP contribution in [0.15, 0.2) is 54.6 Å². The van der Waals surface area contributed by atoms with Crippen LogP contribution in [0, 0.1) is 5.92 Å². The van der Waals surface area contributed by atoms with Gasteiger partial charge in [0.2, 0.25) is 5.91 Å². The molecule has 0 spiro atoms. The zero-order valence-corrected chi connectivity index (χ0v) is 16.1. The summed E-state index contributed by atoms with van der Waals surface area (Å²) in [5.41, 5.74) is 2.23. The Hall–Kier alpha value is -1.88. The van der Waals surface area contributed by atoms with Gasteiger partial charge in [0, 0.05) is 30.6 Å². The number of amides is 1. The van der Waals surface area contributed by atoms with E-state index in [2.05, 4.69) is 22.3 Å². The summed E-state index contributed by atoms with van der Waals surface area (Å²) in [4.78, 5) is 15.3. The molecule has 0 radical (unpaired) electrons. The van der Waals surface area contributed by atoms with E-state index in [4.69, 9.17) is 16.3 Å². The molecule has 3 unspecified atom stereocenters. The molecule has 2 aromatic carbocycles. The molecule has 5 heteroatoms. The summed E-state index contributed by atoms with van der Waals surface area (Å²) in [5, 5.41) is 4.05. The van der Waals surface area contributed by atoms with Gasteiger partial charge in [0.25, 0.3) is 0 Å². The molecule has 1 saturated heterocycles. The smallest absolute Gasteiger partial charge is 0.224 e. The highest BCUT2D eigenvalue weighted by molar-refractivity contribution is 6.31. The molecule has 1 amide bonds. The van der Waals surface area contributed by atoms with Crippen LogP contribution in [-0.2, 0) is 9.53 Å². The van der Waals surface area contributed by atoms with E-state index < -0.39 is 0 Å². The molecule has 0 aromatic heterocycles. The van der Waals surface area contributed by atoms with Crippen molar-refractivity contribution in [3.05, 3.63) is 70.7 Å². The minimum Gasteiger partial charge on any atom is -0.379 e. The van der Waals surface area contributed by atoms with Crippen molar-refractivity contribution < 1.29 is 9.53 Å². The van der Waals surface area contributed by atoms with Gasteiger partial charge in [0.05, 0.1) is 19.3 Å². The monoisotopic (exact) mass is 384 g/mol. The van der Waals surface area contributed by atoms with E-state index in [1.165, 1.54) is 0 Å². The fraction of sp³-hybridized carbons (Fsp3) is 0.409. The van der Waals surface area contributed by atoms with E-state index in [0.717, 1.165) is 55.4 Å². The molecule has 27 heavy (non-hydrogen) atoms. The van der Waals surface area contributed by atoms with Crippen LogP contribution >= 0.6 is 11.6 Å². The largest absolute Gasteiger partial charge is 0.379 e. The third kappa shape index (κ3) is 4.52. The van der Waals surface area contributed by atoms with Crippen molar-refractivity contribution in [2.75, 3.05) is 32.8 Å². The van der Waals surface area contributed by atoms with Crippen molar-refractivity contribution in [1.82, 2.24) is 10.2 Å². The molecule has 2 aliphatic rings. The number of morpholine rings is 1. The highest BCUT2D eigenvalue weighted by atomic mass is 35.5. The summed E-state index contributed by atoms with van der Waals surface area (Å²) in [6, 6.07) is 18.1. The lowest BCUT2D eigenvalue weighted by atomic mass is 10.0. The van der Waals surface area contributed by atoms with E-state index >= 15 is 0 Å². The molecule has 3 atom stereocenters. The van der Waals surface area contributed by atoms with Gasteiger partial charge < -0.3 is 10.1 Å². The normalized spacial score (nSPS) is 23.6. The summed E-state index contributed by atoms with van der Waals surface area (Å²) >= 11 is 6.31. The van der Waals surface area contributed by atoms with Gasteiger partial charge in [-0.3, -0.25) is 9.69 Å². The average Bonchev–Trinajstić information content (AvgIpc) is 3.50. The molecule has 2 fully saturated rings. The highest BCUT2D eigenvalue weighted by Crippen LogP contribution is 2.49. The quantitative estimate of drug-likeness (QED) is 0.826. The number of ether oxygens (including phenoxy) is 1. The van der Waals surface area contributed by atoms with Crippen LogP contribution in [0.1, 0.15) is 29.5 Å². The third-order valence-electron chi connectivity index (χ3n) is 5.49. The highest BCUT2D eigenvalue weighted by Gasteiger charge is 2.45. The standard InChI is InChI=1S/C22H25ClN2O2/c23-20-9-5-4-8-17(20)18-14-19(18)22(26)24-21(16-6-2-1-3-7-16)15-25-10-12-27-13-11-25/h1-9,18-19,21H,10-15H2,(H,24,26). The Kier molecular flexibility index (Phi) is 5.77. The van der Waals surface area contributed by atoms with Crippen molar-refractivity contribution in [1.29, 1.82) is 0 Å². The second-order valence-corrected chi connectivity index (χ2v) is 7.76. The molecule has 4 rings (SSSR count). The van der Waals surface area contributed by atoms with Crippen LogP contribution in [0.25, 0.3) is 0 Å². The Balaban J connectivity index is 1.43. The minimum absolute atomic E-state index is 0.00991. The summed E-state index contributed by atoms with van der Waals surface area (Å²) in [5.74, 6) is 0.376. The number of benzene rings is 2. The van der Waals surface area contributed by atoms with Gasteiger partial charge in [-0.2, -0.15) is 0 Å². The topological polar surface area (TPSA) is 41.6 Å². The first kappa shape index (κ1) is 18.5. The predicted octanol–water partition coefficient (Wildman–Crippen LogP) is 3.63. The fourth-order valence-electron chi connectivity index (χ4n) is 3.84. The van der Waals surface area contributed by atoms with Crippen LogP contribution in [-0.4, -0.2) is 43.7 Å². The molecule has 1 heterocycles. The van der Waals surface area contributed by atoms with Gasteiger partial charge in [-0.15, -0.1) is 0 Å². The SMILES string of the molecule is O=C(NC(CN1CCOCC1)c1ccccc1)C1CC1c1ccccc1Cl. The molecule has 142 valence electrons. The first-order valence-electron chi connectivity index (χ1n) is 9.62. The van der Waals surface area contributed by atoms with Gasteiger partial charge in [-0.05, 0) is 29.5 Å². The maximum absolute atomic E-state index is 12.9. The Morgan fingerprint density at radius 2 is 1.81 bits per heavy atom. The van der Waals surface area contributed by atoms with Crippen LogP contribution in [0.5, 0.6) is 0 Å². The van der Waals surface area contributed by atoms with E-state index in [0.29, 0.717) is 0 Å². The molecule has 0 bridgehead atoms. The Morgan fingerprint density at radius 1 is 1.11 bits per heavy atom. The van der Waals surface area contributed by atoms with Gasteiger partial charge in [-0.25, -0.2) is 0 Å². The second kappa shape index (κ2) is 8.42. The second-order valence-electron chi connectivity index (χ2n) is 7.36. The number of halogens is 1. The van der Waals surface area contributed by atoms with Crippen LogP contribution in [0.2, 0.25) is 5.02 Å². The summed E-state index contributed by atoms with van der Waals surface area (Å²) in [7, 11) is 0. The number of nitrogens with one attached hydrogen (secondary N) is 1. The maximum Gasteiger partial charge on any atom is 0.224 e. The zero-order valence-electron chi connectivity index (χ0n) is 15.3. The van der Waals surface area contributed by atoms with Crippen LogP contribution in [0.4, 0.5) is 0 Å². The fourth-order valence-corrected chi connectivity index (χ4v) is 4.12. The third-order valence-corrected chi connectivity index (χ3v) is 5.84. The molecular weight excluding hydrogens is 360 g/mol. The minimum atomic E-state index is -0.00991. The van der Waals surface area contributed by atoms with Crippen molar-refractivity contribution in [2.45, 2.75) is 18.4 Å². The lowest BCUT2D eigenvalue weighted by molar-refractivity contribution is -0.123. The summed E-state index contributed by atoms with van der Waals surface area (Å²) in [6.07, 6.45) is 0.870. The number of carbonyl (C=O) groups excluding carboxylic acids is 1. The molecule has 1 aliphatic carbocycles.